The van der Waals surface area contributed by atoms with Crippen molar-refractivity contribution >= 4 is 23.3 Å². The Morgan fingerprint density at radius 3 is 2.14 bits per heavy atom. The summed E-state index contributed by atoms with van der Waals surface area (Å²) in [7, 11) is 0. The van der Waals surface area contributed by atoms with Crippen molar-refractivity contribution in [3.8, 4) is 0 Å². The molecule has 0 aliphatic rings. The maximum atomic E-state index is 12.4. The normalized spacial score (nSPS) is 11.2. The number of aromatic nitrogens is 1. The summed E-state index contributed by atoms with van der Waals surface area (Å²) in [6.45, 7) is 7.75. The summed E-state index contributed by atoms with van der Waals surface area (Å²) in [5.41, 5.74) is -0.562. The summed E-state index contributed by atoms with van der Waals surface area (Å²) >= 11 is 1.50. The summed E-state index contributed by atoms with van der Waals surface area (Å²) in [5, 5.41) is 2.78. The minimum absolute atomic E-state index is 0.225. The van der Waals surface area contributed by atoms with E-state index in [4.69, 9.17) is 9.47 Å². The Balaban J connectivity index is 3.15. The standard InChI is InChI=1S/C15H23NO4S/c1-5-8-15(13(17)19-6-2,14(18)20-7-3)9-12-10-21-11(4)16-12/h10H,5-9H2,1-4H3. The second-order valence-electron chi connectivity index (χ2n) is 4.81. The van der Waals surface area contributed by atoms with Crippen LogP contribution in [0, 0.1) is 12.3 Å². The number of nitrogens with zero attached hydrogens (tertiary/aromatic N) is 1. The summed E-state index contributed by atoms with van der Waals surface area (Å²) in [6.07, 6.45) is 1.30. The van der Waals surface area contributed by atoms with Crippen LogP contribution < -0.4 is 0 Å². The molecule has 0 atom stereocenters. The Morgan fingerprint density at radius 1 is 1.19 bits per heavy atom. The van der Waals surface area contributed by atoms with E-state index in [0.717, 1.165) is 10.7 Å². The molecule has 5 nitrogen and oxygen atoms in total. The first-order chi connectivity index (χ1) is 10.00. The van der Waals surface area contributed by atoms with Crippen molar-refractivity contribution in [3.05, 3.63) is 16.1 Å². The van der Waals surface area contributed by atoms with Gasteiger partial charge >= 0.3 is 11.9 Å². The van der Waals surface area contributed by atoms with Gasteiger partial charge in [0.15, 0.2) is 5.41 Å². The Morgan fingerprint density at radius 2 is 1.76 bits per heavy atom. The fourth-order valence-corrected chi connectivity index (χ4v) is 2.90. The lowest BCUT2D eigenvalue weighted by Crippen LogP contribution is -2.44. The molecular formula is C15H23NO4S. The average Bonchev–Trinajstić information content (AvgIpc) is 2.84. The zero-order valence-corrected chi connectivity index (χ0v) is 13.9. The molecule has 0 N–H and O–H groups in total. The van der Waals surface area contributed by atoms with Gasteiger partial charge in [-0.05, 0) is 27.2 Å². The lowest BCUT2D eigenvalue weighted by molar-refractivity contribution is -0.172. The van der Waals surface area contributed by atoms with Crippen molar-refractivity contribution in [3.63, 3.8) is 0 Å². The van der Waals surface area contributed by atoms with Crippen LogP contribution in [-0.4, -0.2) is 30.1 Å². The summed E-state index contributed by atoms with van der Waals surface area (Å²) in [6, 6.07) is 0. The number of esters is 2. The van der Waals surface area contributed by atoms with Crippen LogP contribution in [0.4, 0.5) is 0 Å². The van der Waals surface area contributed by atoms with Gasteiger partial charge in [-0.1, -0.05) is 13.3 Å². The monoisotopic (exact) mass is 313 g/mol. The summed E-state index contributed by atoms with van der Waals surface area (Å²) in [5.74, 6) is -1.04. The Hall–Kier alpha value is -1.43. The Bertz CT molecular complexity index is 466. The predicted octanol–water partition coefficient (Wildman–Crippen LogP) is 2.91. The van der Waals surface area contributed by atoms with Crippen molar-refractivity contribution in [1.29, 1.82) is 0 Å². The average molecular weight is 313 g/mol. The highest BCUT2D eigenvalue weighted by atomic mass is 32.1. The molecule has 0 fully saturated rings. The molecule has 0 aliphatic carbocycles. The van der Waals surface area contributed by atoms with E-state index in [-0.39, 0.29) is 19.6 Å². The van der Waals surface area contributed by atoms with Gasteiger partial charge in [-0.25, -0.2) is 4.98 Å². The molecule has 0 spiro atoms. The molecule has 1 rings (SSSR count). The van der Waals surface area contributed by atoms with Gasteiger partial charge < -0.3 is 9.47 Å². The van der Waals surface area contributed by atoms with Crippen LogP contribution in [0.3, 0.4) is 0 Å². The molecule has 6 heteroatoms. The number of rotatable bonds is 8. The first kappa shape index (κ1) is 17.6. The van der Waals surface area contributed by atoms with Crippen LogP contribution >= 0.6 is 11.3 Å². The van der Waals surface area contributed by atoms with Gasteiger partial charge in [0, 0.05) is 11.8 Å². The lowest BCUT2D eigenvalue weighted by atomic mass is 9.79. The van der Waals surface area contributed by atoms with Crippen molar-refractivity contribution in [2.45, 2.75) is 47.0 Å². The van der Waals surface area contributed by atoms with Crippen LogP contribution in [0.5, 0.6) is 0 Å². The highest BCUT2D eigenvalue weighted by Crippen LogP contribution is 2.33. The molecule has 118 valence electrons. The molecule has 0 aromatic carbocycles. The van der Waals surface area contributed by atoms with Gasteiger partial charge in [0.2, 0.25) is 0 Å². The van der Waals surface area contributed by atoms with E-state index in [1.165, 1.54) is 11.3 Å². The highest BCUT2D eigenvalue weighted by Gasteiger charge is 2.48. The number of carbonyl (C=O) groups is 2. The third-order valence-corrected chi connectivity index (χ3v) is 3.98. The zero-order chi connectivity index (χ0) is 15.9. The third kappa shape index (κ3) is 4.27. The second kappa shape index (κ2) is 8.12. The molecule has 0 saturated heterocycles. The summed E-state index contributed by atoms with van der Waals surface area (Å²) < 4.78 is 10.3. The van der Waals surface area contributed by atoms with Gasteiger partial charge in [-0.15, -0.1) is 11.3 Å². The number of hydrogen-bond donors (Lipinski definition) is 0. The Labute approximate surface area is 129 Å². The van der Waals surface area contributed by atoms with E-state index in [0.29, 0.717) is 12.8 Å². The molecule has 0 saturated carbocycles. The van der Waals surface area contributed by atoms with Crippen molar-refractivity contribution in [2.75, 3.05) is 13.2 Å². The molecule has 1 aromatic heterocycles. The fourth-order valence-electron chi connectivity index (χ4n) is 2.28. The maximum absolute atomic E-state index is 12.4. The number of carbonyl (C=O) groups excluding carboxylic acids is 2. The first-order valence-electron chi connectivity index (χ1n) is 7.25. The minimum atomic E-state index is -1.29. The molecule has 0 bridgehead atoms. The number of thiazole rings is 1. The predicted molar refractivity (Wildman–Crippen MR) is 81.2 cm³/mol. The van der Waals surface area contributed by atoms with Crippen molar-refractivity contribution < 1.29 is 19.1 Å². The molecule has 0 radical (unpaired) electrons. The van der Waals surface area contributed by atoms with Crippen molar-refractivity contribution in [1.82, 2.24) is 4.98 Å². The van der Waals surface area contributed by atoms with Crippen LogP contribution in [0.15, 0.2) is 5.38 Å². The number of ether oxygens (including phenoxy) is 2. The van der Waals surface area contributed by atoms with Crippen LogP contribution in [0.2, 0.25) is 0 Å². The molecule has 1 heterocycles. The highest BCUT2D eigenvalue weighted by molar-refractivity contribution is 7.09. The van der Waals surface area contributed by atoms with Crippen molar-refractivity contribution in [2.24, 2.45) is 5.41 Å². The van der Waals surface area contributed by atoms with Gasteiger partial charge in [-0.3, -0.25) is 9.59 Å². The fraction of sp³-hybridized carbons (Fsp3) is 0.667. The number of aryl methyl sites for hydroxylation is 1. The molecule has 0 amide bonds. The van der Waals surface area contributed by atoms with E-state index >= 15 is 0 Å². The van der Waals surface area contributed by atoms with E-state index in [9.17, 15) is 9.59 Å². The van der Waals surface area contributed by atoms with Gasteiger partial charge in [0.05, 0.1) is 23.9 Å². The molecule has 0 unspecified atom stereocenters. The van der Waals surface area contributed by atoms with Gasteiger partial charge in [0.1, 0.15) is 0 Å². The van der Waals surface area contributed by atoms with Crippen LogP contribution in [-0.2, 0) is 25.5 Å². The molecular weight excluding hydrogens is 290 g/mol. The molecule has 1 aromatic rings. The summed E-state index contributed by atoms with van der Waals surface area (Å²) in [4.78, 5) is 29.2. The lowest BCUT2D eigenvalue weighted by Gasteiger charge is -2.28. The van der Waals surface area contributed by atoms with Crippen LogP contribution in [0.1, 0.15) is 44.3 Å². The molecule has 0 aliphatic heterocycles. The molecule has 21 heavy (non-hydrogen) atoms. The van der Waals surface area contributed by atoms with Gasteiger partial charge in [-0.2, -0.15) is 0 Å². The van der Waals surface area contributed by atoms with E-state index < -0.39 is 17.4 Å². The maximum Gasteiger partial charge on any atom is 0.323 e. The van der Waals surface area contributed by atoms with E-state index in [1.807, 2.05) is 19.2 Å². The smallest absolute Gasteiger partial charge is 0.323 e. The van der Waals surface area contributed by atoms with Gasteiger partial charge in [0.25, 0.3) is 0 Å². The zero-order valence-electron chi connectivity index (χ0n) is 13.1. The SMILES string of the molecule is CCCC(Cc1csc(C)n1)(C(=O)OCC)C(=O)OCC. The van der Waals surface area contributed by atoms with Crippen LogP contribution in [0.25, 0.3) is 0 Å². The third-order valence-electron chi connectivity index (χ3n) is 3.16. The quantitative estimate of drug-likeness (QED) is 0.545. The first-order valence-corrected chi connectivity index (χ1v) is 8.13. The topological polar surface area (TPSA) is 65.5 Å². The van der Waals surface area contributed by atoms with E-state index in [2.05, 4.69) is 4.98 Å². The number of hydrogen-bond acceptors (Lipinski definition) is 6. The largest absolute Gasteiger partial charge is 0.465 e. The minimum Gasteiger partial charge on any atom is -0.465 e. The van der Waals surface area contributed by atoms with E-state index in [1.54, 1.807) is 13.8 Å². The second-order valence-corrected chi connectivity index (χ2v) is 5.87. The Kier molecular flexibility index (Phi) is 6.81.